The van der Waals surface area contributed by atoms with E-state index in [2.05, 4.69) is 19.9 Å². The number of ether oxygens (including phenoxy) is 2. The standard InChI is InChI=1S/C39H74NO9P/c1-3-5-7-9-11-12-13-14-15-16-18-22-26-30-38(42)46-34-37(35-48-50(44,45)47-33-32-40)49-39(43)31-27-23-19-21-25-29-36(41)28-24-20-17-10-8-6-4-2/h17,20,24,28,36-37,41H,3-16,18-19,21-23,25-27,29-35,40H2,1-2H3,(H,44,45)/b20-17-,28-24+. The second-order valence-electron chi connectivity index (χ2n) is 13.4. The number of allylic oxidation sites excluding steroid dienone is 3. The molecule has 0 aliphatic heterocycles. The number of carbonyl (C=O) groups excluding carboxylic acids is 2. The van der Waals surface area contributed by atoms with Crippen LogP contribution in [-0.4, -0.2) is 60.5 Å². The van der Waals surface area contributed by atoms with Crippen molar-refractivity contribution in [3.8, 4) is 0 Å². The van der Waals surface area contributed by atoms with Crippen molar-refractivity contribution in [2.45, 2.75) is 187 Å². The monoisotopic (exact) mass is 732 g/mol. The first-order valence-corrected chi connectivity index (χ1v) is 21.4. The van der Waals surface area contributed by atoms with E-state index < -0.39 is 38.6 Å². The smallest absolute Gasteiger partial charge is 0.462 e. The van der Waals surface area contributed by atoms with Gasteiger partial charge in [0.25, 0.3) is 0 Å². The maximum Gasteiger partial charge on any atom is 0.472 e. The Balaban J connectivity index is 4.29. The highest BCUT2D eigenvalue weighted by Crippen LogP contribution is 2.43. The minimum absolute atomic E-state index is 0.0393. The largest absolute Gasteiger partial charge is 0.472 e. The van der Waals surface area contributed by atoms with Gasteiger partial charge >= 0.3 is 19.8 Å². The number of nitrogens with two attached hydrogens (primary N) is 1. The zero-order valence-corrected chi connectivity index (χ0v) is 32.6. The van der Waals surface area contributed by atoms with Crippen molar-refractivity contribution in [2.75, 3.05) is 26.4 Å². The second kappa shape index (κ2) is 35.8. The van der Waals surface area contributed by atoms with Gasteiger partial charge in [0.1, 0.15) is 6.61 Å². The number of carbonyl (C=O) groups is 2. The minimum Gasteiger partial charge on any atom is -0.462 e. The summed E-state index contributed by atoms with van der Waals surface area (Å²) in [5.74, 6) is -0.898. The lowest BCUT2D eigenvalue weighted by atomic mass is 10.0. The van der Waals surface area contributed by atoms with Crippen LogP contribution in [-0.2, 0) is 32.7 Å². The van der Waals surface area contributed by atoms with E-state index >= 15 is 0 Å². The predicted octanol–water partition coefficient (Wildman–Crippen LogP) is 9.80. The molecule has 0 saturated carbocycles. The zero-order chi connectivity index (χ0) is 37.0. The van der Waals surface area contributed by atoms with Gasteiger partial charge in [-0.05, 0) is 32.1 Å². The fourth-order valence-electron chi connectivity index (χ4n) is 5.42. The lowest BCUT2D eigenvalue weighted by Crippen LogP contribution is -2.29. The molecule has 0 radical (unpaired) electrons. The Hall–Kier alpha value is -1.55. The Morgan fingerprint density at radius 2 is 1.20 bits per heavy atom. The first kappa shape index (κ1) is 48.5. The van der Waals surface area contributed by atoms with Gasteiger partial charge in [-0.15, -0.1) is 0 Å². The summed E-state index contributed by atoms with van der Waals surface area (Å²) < 4.78 is 32.6. The number of hydrogen-bond acceptors (Lipinski definition) is 9. The molecule has 0 fully saturated rings. The molecule has 0 aliphatic rings. The molecule has 0 aromatic carbocycles. The first-order chi connectivity index (χ1) is 24.2. The Labute approximate surface area is 304 Å². The van der Waals surface area contributed by atoms with E-state index in [1.54, 1.807) is 0 Å². The van der Waals surface area contributed by atoms with E-state index in [-0.39, 0.29) is 32.6 Å². The van der Waals surface area contributed by atoms with Crippen LogP contribution in [0.5, 0.6) is 0 Å². The van der Waals surface area contributed by atoms with Crippen molar-refractivity contribution in [3.05, 3.63) is 24.3 Å². The lowest BCUT2D eigenvalue weighted by molar-refractivity contribution is -0.161. The average molecular weight is 732 g/mol. The zero-order valence-electron chi connectivity index (χ0n) is 31.7. The number of esters is 2. The molecule has 0 aromatic rings. The molecule has 0 amide bonds. The molecule has 0 saturated heterocycles. The average Bonchev–Trinajstić information content (AvgIpc) is 3.09. The summed E-state index contributed by atoms with van der Waals surface area (Å²) in [6, 6.07) is 0. The summed E-state index contributed by atoms with van der Waals surface area (Å²) in [7, 11) is -4.39. The summed E-state index contributed by atoms with van der Waals surface area (Å²) in [4.78, 5) is 34.7. The van der Waals surface area contributed by atoms with Crippen molar-refractivity contribution in [2.24, 2.45) is 5.73 Å². The number of phosphoric acid groups is 1. The predicted molar refractivity (Wildman–Crippen MR) is 203 cm³/mol. The molecule has 4 N–H and O–H groups in total. The van der Waals surface area contributed by atoms with Crippen molar-refractivity contribution >= 4 is 19.8 Å². The third-order valence-corrected chi connectivity index (χ3v) is 9.43. The quantitative estimate of drug-likeness (QED) is 0.0243. The third kappa shape index (κ3) is 34.9. The Bertz CT molecular complexity index is 899. The van der Waals surface area contributed by atoms with Crippen molar-refractivity contribution < 1.29 is 42.7 Å². The number of unbranched alkanes of at least 4 members (excludes halogenated alkanes) is 19. The van der Waals surface area contributed by atoms with E-state index in [9.17, 15) is 24.2 Å². The van der Waals surface area contributed by atoms with E-state index in [0.717, 1.165) is 51.4 Å². The highest BCUT2D eigenvalue weighted by atomic mass is 31.2. The van der Waals surface area contributed by atoms with Crippen molar-refractivity contribution in [3.63, 3.8) is 0 Å². The van der Waals surface area contributed by atoms with Gasteiger partial charge in [-0.1, -0.05) is 154 Å². The number of phosphoric ester groups is 1. The fraction of sp³-hybridized carbons (Fsp3) is 0.846. The van der Waals surface area contributed by atoms with Gasteiger partial charge in [0.05, 0.1) is 19.3 Å². The number of hydrogen-bond donors (Lipinski definition) is 3. The SMILES string of the molecule is CCCCC/C=C\C=C\C(O)CCCCCCCC(=O)OC(COC(=O)CCCCCCCCCCCCCCC)COP(=O)(O)OCCN. The van der Waals surface area contributed by atoms with Gasteiger partial charge in [0.15, 0.2) is 6.10 Å². The number of aliphatic hydroxyl groups excluding tert-OH is 1. The van der Waals surface area contributed by atoms with Crippen LogP contribution in [0.25, 0.3) is 0 Å². The molecule has 0 aliphatic carbocycles. The first-order valence-electron chi connectivity index (χ1n) is 19.9. The minimum atomic E-state index is -4.39. The number of aliphatic hydroxyl groups is 1. The van der Waals surface area contributed by atoms with Crippen LogP contribution >= 0.6 is 7.82 Å². The molecule has 0 spiro atoms. The number of rotatable bonds is 37. The van der Waals surface area contributed by atoms with Gasteiger partial charge in [0.2, 0.25) is 0 Å². The molecule has 50 heavy (non-hydrogen) atoms. The van der Waals surface area contributed by atoms with E-state index in [4.69, 9.17) is 24.3 Å². The highest BCUT2D eigenvalue weighted by molar-refractivity contribution is 7.47. The molecular formula is C39H74NO9P. The maximum atomic E-state index is 12.5. The normalized spacial score (nSPS) is 14.3. The van der Waals surface area contributed by atoms with E-state index in [1.807, 2.05) is 18.2 Å². The summed E-state index contributed by atoms with van der Waals surface area (Å²) in [6.07, 6.45) is 32.2. The van der Waals surface area contributed by atoms with Crippen molar-refractivity contribution in [1.29, 1.82) is 0 Å². The van der Waals surface area contributed by atoms with Crippen LogP contribution in [0.4, 0.5) is 0 Å². The maximum absolute atomic E-state index is 12.5. The van der Waals surface area contributed by atoms with Gasteiger partial charge in [-0.2, -0.15) is 0 Å². The second-order valence-corrected chi connectivity index (χ2v) is 14.8. The molecule has 10 nitrogen and oxygen atoms in total. The van der Waals surface area contributed by atoms with E-state index in [0.29, 0.717) is 12.8 Å². The van der Waals surface area contributed by atoms with Gasteiger partial charge < -0.3 is 25.2 Å². The summed E-state index contributed by atoms with van der Waals surface area (Å²) in [5.41, 5.74) is 5.33. The van der Waals surface area contributed by atoms with Crippen LogP contribution in [0.1, 0.15) is 174 Å². The summed E-state index contributed by atoms with van der Waals surface area (Å²) in [6.45, 7) is 3.57. The van der Waals surface area contributed by atoms with Crippen LogP contribution in [0.15, 0.2) is 24.3 Å². The topological polar surface area (TPSA) is 155 Å². The Kier molecular flexibility index (Phi) is 34.7. The van der Waals surface area contributed by atoms with Crippen LogP contribution < -0.4 is 5.73 Å². The molecule has 3 unspecified atom stereocenters. The Morgan fingerprint density at radius 1 is 0.680 bits per heavy atom. The Morgan fingerprint density at radius 3 is 1.78 bits per heavy atom. The molecule has 3 atom stereocenters. The molecule has 0 bridgehead atoms. The van der Waals surface area contributed by atoms with Crippen molar-refractivity contribution in [1.82, 2.24) is 0 Å². The molecule has 0 aromatic heterocycles. The van der Waals surface area contributed by atoms with Crippen LogP contribution in [0, 0.1) is 0 Å². The van der Waals surface area contributed by atoms with Gasteiger partial charge in [-0.3, -0.25) is 18.6 Å². The summed E-state index contributed by atoms with van der Waals surface area (Å²) >= 11 is 0. The molecule has 0 heterocycles. The van der Waals surface area contributed by atoms with E-state index in [1.165, 1.54) is 83.5 Å². The fourth-order valence-corrected chi connectivity index (χ4v) is 6.18. The summed E-state index contributed by atoms with van der Waals surface area (Å²) in [5, 5.41) is 10.1. The molecule has 0 rings (SSSR count). The molecular weight excluding hydrogens is 657 g/mol. The van der Waals surface area contributed by atoms with Gasteiger partial charge in [-0.25, -0.2) is 4.57 Å². The third-order valence-electron chi connectivity index (χ3n) is 8.44. The van der Waals surface area contributed by atoms with Crippen LogP contribution in [0.3, 0.4) is 0 Å². The molecule has 11 heteroatoms. The highest BCUT2D eigenvalue weighted by Gasteiger charge is 2.26. The lowest BCUT2D eigenvalue weighted by Gasteiger charge is -2.19. The molecule has 294 valence electrons. The van der Waals surface area contributed by atoms with Crippen LogP contribution in [0.2, 0.25) is 0 Å². The van der Waals surface area contributed by atoms with Gasteiger partial charge in [0, 0.05) is 19.4 Å².